The van der Waals surface area contributed by atoms with Gasteiger partial charge in [-0.3, -0.25) is 4.79 Å². The molecule has 0 spiro atoms. The number of aliphatic hydroxyl groups is 1. The van der Waals surface area contributed by atoms with E-state index in [9.17, 15) is 9.90 Å². The third-order valence-electron chi connectivity index (χ3n) is 7.49. The lowest BCUT2D eigenvalue weighted by atomic mass is 9.96. The van der Waals surface area contributed by atoms with Crippen molar-refractivity contribution in [2.24, 2.45) is 5.73 Å². The highest BCUT2D eigenvalue weighted by Crippen LogP contribution is 2.42. The highest BCUT2D eigenvalue weighted by atomic mass is 35.5. The van der Waals surface area contributed by atoms with E-state index in [-0.39, 0.29) is 23.8 Å². The molecule has 0 bridgehead atoms. The molecule has 3 N–H and O–H groups in total. The van der Waals surface area contributed by atoms with Crippen molar-refractivity contribution >= 4 is 23.3 Å². The first-order valence-electron chi connectivity index (χ1n) is 12.2. The number of fused-ring (bicyclic) bond motifs is 1. The molecule has 3 heterocycles. The average Bonchev–Trinajstić information content (AvgIpc) is 3.39. The smallest absolute Gasteiger partial charge is 0.231 e. The van der Waals surface area contributed by atoms with Gasteiger partial charge in [0.25, 0.3) is 0 Å². The number of rotatable bonds is 5. The number of hydrogen-bond donors (Lipinski definition) is 2. The predicted molar refractivity (Wildman–Crippen MR) is 132 cm³/mol. The van der Waals surface area contributed by atoms with Gasteiger partial charge in [-0.2, -0.15) is 0 Å². The standard InChI is InChI=1S/C25H33ClN6O2/c1-16-12-21(33)23-22(16)24(29-15-28-23)31-8-10-32(11-9-31)25(34)20(14-30-7-6-19(27)13-30)17-2-4-18(26)5-3-17/h2-5,15-16,19-21,33H,6-14,27H2,1H3/t16?,19-,20-,21-/m1/s1. The first-order chi connectivity index (χ1) is 16.4. The number of likely N-dealkylation sites (tertiary alicyclic amines) is 1. The Kier molecular flexibility index (Phi) is 6.75. The van der Waals surface area contributed by atoms with Crippen LogP contribution in [0.2, 0.25) is 5.02 Å². The van der Waals surface area contributed by atoms with Gasteiger partial charge in [0.2, 0.25) is 5.91 Å². The Morgan fingerprint density at radius 3 is 2.59 bits per heavy atom. The summed E-state index contributed by atoms with van der Waals surface area (Å²) in [5.41, 5.74) is 8.92. The lowest BCUT2D eigenvalue weighted by Crippen LogP contribution is -2.51. The molecule has 2 aromatic rings. The van der Waals surface area contributed by atoms with Crippen LogP contribution < -0.4 is 10.6 Å². The summed E-state index contributed by atoms with van der Waals surface area (Å²) >= 11 is 6.11. The Morgan fingerprint density at radius 1 is 1.18 bits per heavy atom. The zero-order valence-corrected chi connectivity index (χ0v) is 20.4. The first kappa shape index (κ1) is 23.5. The molecule has 1 aliphatic carbocycles. The molecule has 34 heavy (non-hydrogen) atoms. The minimum absolute atomic E-state index is 0.152. The van der Waals surface area contributed by atoms with Crippen LogP contribution in [0, 0.1) is 0 Å². The van der Waals surface area contributed by atoms with Crippen LogP contribution in [0.5, 0.6) is 0 Å². The quantitative estimate of drug-likeness (QED) is 0.670. The highest BCUT2D eigenvalue weighted by molar-refractivity contribution is 6.30. The number of anilines is 1. The molecule has 1 aromatic heterocycles. The van der Waals surface area contributed by atoms with Crippen molar-refractivity contribution in [3.63, 3.8) is 0 Å². The van der Waals surface area contributed by atoms with Gasteiger partial charge in [-0.25, -0.2) is 9.97 Å². The molecule has 182 valence electrons. The molecular weight excluding hydrogens is 452 g/mol. The second-order valence-corrected chi connectivity index (χ2v) is 10.3. The molecule has 0 radical (unpaired) electrons. The van der Waals surface area contributed by atoms with Crippen molar-refractivity contribution in [1.29, 1.82) is 0 Å². The molecule has 9 heteroatoms. The van der Waals surface area contributed by atoms with Gasteiger partial charge in [0, 0.05) is 55.9 Å². The molecule has 1 aromatic carbocycles. The monoisotopic (exact) mass is 484 g/mol. The fourth-order valence-electron chi connectivity index (χ4n) is 5.62. The summed E-state index contributed by atoms with van der Waals surface area (Å²) in [4.78, 5) is 29.1. The van der Waals surface area contributed by atoms with Crippen LogP contribution in [0.25, 0.3) is 0 Å². The van der Waals surface area contributed by atoms with E-state index in [2.05, 4.69) is 26.7 Å². The van der Waals surface area contributed by atoms with Crippen LogP contribution in [0.3, 0.4) is 0 Å². The molecule has 2 fully saturated rings. The number of nitrogens with zero attached hydrogens (tertiary/aromatic N) is 5. The molecular formula is C25H33ClN6O2. The van der Waals surface area contributed by atoms with E-state index in [1.807, 2.05) is 29.2 Å². The molecule has 0 saturated carbocycles. The van der Waals surface area contributed by atoms with Gasteiger partial charge in [0.05, 0.1) is 17.7 Å². The maximum atomic E-state index is 13.7. The van der Waals surface area contributed by atoms with Gasteiger partial charge < -0.3 is 25.5 Å². The Morgan fingerprint density at radius 2 is 1.91 bits per heavy atom. The summed E-state index contributed by atoms with van der Waals surface area (Å²) in [5.74, 6) is 1.04. The molecule has 3 aliphatic rings. The van der Waals surface area contributed by atoms with Crippen LogP contribution >= 0.6 is 11.6 Å². The number of aliphatic hydroxyl groups excluding tert-OH is 1. The van der Waals surface area contributed by atoms with E-state index < -0.39 is 6.10 Å². The second kappa shape index (κ2) is 9.77. The van der Waals surface area contributed by atoms with Gasteiger partial charge >= 0.3 is 0 Å². The van der Waals surface area contributed by atoms with E-state index in [4.69, 9.17) is 17.3 Å². The Hall–Kier alpha value is -2.26. The summed E-state index contributed by atoms with van der Waals surface area (Å²) in [7, 11) is 0. The highest BCUT2D eigenvalue weighted by Gasteiger charge is 2.35. The number of halogens is 1. The molecule has 1 unspecified atom stereocenters. The van der Waals surface area contributed by atoms with Gasteiger partial charge in [-0.05, 0) is 43.0 Å². The number of amides is 1. The molecule has 4 atom stereocenters. The molecule has 8 nitrogen and oxygen atoms in total. The maximum absolute atomic E-state index is 13.7. The average molecular weight is 485 g/mol. The largest absolute Gasteiger partial charge is 0.387 e. The van der Waals surface area contributed by atoms with E-state index >= 15 is 0 Å². The number of benzene rings is 1. The number of piperazine rings is 1. The van der Waals surface area contributed by atoms with Crippen LogP contribution in [0.15, 0.2) is 30.6 Å². The molecule has 2 aliphatic heterocycles. The van der Waals surface area contributed by atoms with Crippen molar-refractivity contribution in [3.8, 4) is 0 Å². The zero-order valence-electron chi connectivity index (χ0n) is 19.6. The van der Waals surface area contributed by atoms with Gasteiger partial charge in [-0.15, -0.1) is 0 Å². The minimum atomic E-state index is -0.520. The van der Waals surface area contributed by atoms with Crippen molar-refractivity contribution in [3.05, 3.63) is 52.4 Å². The first-order valence-corrected chi connectivity index (χ1v) is 12.6. The maximum Gasteiger partial charge on any atom is 0.231 e. The van der Waals surface area contributed by atoms with Gasteiger partial charge in [0.1, 0.15) is 12.1 Å². The molecule has 1 amide bonds. The van der Waals surface area contributed by atoms with Crippen molar-refractivity contribution in [2.45, 2.75) is 43.7 Å². The number of nitrogens with two attached hydrogens (primary N) is 1. The van der Waals surface area contributed by atoms with Gasteiger partial charge in [-0.1, -0.05) is 30.7 Å². The summed E-state index contributed by atoms with van der Waals surface area (Å²) in [6.07, 6.45) is 2.68. The molecule has 2 saturated heterocycles. The lowest BCUT2D eigenvalue weighted by Gasteiger charge is -2.38. The zero-order chi connectivity index (χ0) is 23.8. The Bertz CT molecular complexity index is 1030. The van der Waals surface area contributed by atoms with Gasteiger partial charge in [0.15, 0.2) is 0 Å². The number of carbonyl (C=O) groups is 1. The topological polar surface area (TPSA) is 98.8 Å². The number of aromatic nitrogens is 2. The normalized spacial score (nSPS) is 26.1. The van der Waals surface area contributed by atoms with Crippen LogP contribution in [-0.2, 0) is 4.79 Å². The van der Waals surface area contributed by atoms with Crippen molar-refractivity contribution < 1.29 is 9.90 Å². The fourth-order valence-corrected chi connectivity index (χ4v) is 5.75. The number of hydrogen-bond acceptors (Lipinski definition) is 7. The van der Waals surface area contributed by atoms with Crippen LogP contribution in [-0.4, -0.2) is 82.6 Å². The second-order valence-electron chi connectivity index (χ2n) is 9.87. The third-order valence-corrected chi connectivity index (χ3v) is 7.74. The molecule has 5 rings (SSSR count). The summed E-state index contributed by atoms with van der Waals surface area (Å²) < 4.78 is 0. The third kappa shape index (κ3) is 4.64. The summed E-state index contributed by atoms with van der Waals surface area (Å²) in [6, 6.07) is 7.83. The number of carbonyl (C=O) groups excluding carboxylic acids is 1. The van der Waals surface area contributed by atoms with E-state index in [0.717, 1.165) is 42.1 Å². The van der Waals surface area contributed by atoms with Crippen molar-refractivity contribution in [1.82, 2.24) is 19.8 Å². The SMILES string of the molecule is CC1C[C@@H](O)c2ncnc(N3CCN(C(=O)[C@H](CN4CC[C@@H](N)C4)c4ccc(Cl)cc4)CC3)c21. The fraction of sp³-hybridized carbons (Fsp3) is 0.560. The van der Waals surface area contributed by atoms with E-state index in [1.165, 1.54) is 0 Å². The van der Waals surface area contributed by atoms with E-state index in [0.29, 0.717) is 44.2 Å². The Labute approximate surface area is 205 Å². The van der Waals surface area contributed by atoms with Crippen LogP contribution in [0.1, 0.15) is 54.5 Å². The van der Waals surface area contributed by atoms with Crippen molar-refractivity contribution in [2.75, 3.05) is 50.7 Å². The van der Waals surface area contributed by atoms with Crippen LogP contribution in [0.4, 0.5) is 5.82 Å². The van der Waals surface area contributed by atoms with E-state index in [1.54, 1.807) is 6.33 Å². The lowest BCUT2D eigenvalue weighted by molar-refractivity contribution is -0.133. The summed E-state index contributed by atoms with van der Waals surface area (Å²) in [6.45, 7) is 7.23. The minimum Gasteiger partial charge on any atom is -0.387 e. The predicted octanol–water partition coefficient (Wildman–Crippen LogP) is 2.14. The Balaban J connectivity index is 1.30. The summed E-state index contributed by atoms with van der Waals surface area (Å²) in [5, 5.41) is 11.0.